The molecule has 0 amide bonds. The molecule has 0 spiro atoms. The Kier molecular flexibility index (Phi) is 9.51. The molecule has 0 saturated heterocycles. The minimum Gasteiger partial charge on any atom is -0.391 e. The van der Waals surface area contributed by atoms with Crippen molar-refractivity contribution in [1.82, 2.24) is 9.55 Å². The highest BCUT2D eigenvalue weighted by Gasteiger charge is 2.32. The van der Waals surface area contributed by atoms with Gasteiger partial charge in [0, 0.05) is 6.20 Å². The Labute approximate surface area is 162 Å². The molecule has 6 N–H and O–H groups in total. The standard InChI is InChI=1S/C9H17N2O13P3S/c1-5(12)6(22-9(14)11-3-2-7(28)10-8(11)13)4-21-27(19,20)24-25(15)23-26(16,17)18/h2-3,5-6,9,12,14,25H,4H2,1H3,(H,19,20)(H,10,13,28)(H2,16,17,18)/t5-,6-,9?/m1/s1. The molecule has 0 aromatic carbocycles. The third kappa shape index (κ3) is 9.29. The number of H-pyrrole nitrogens is 1. The van der Waals surface area contributed by atoms with Crippen LogP contribution in [0.15, 0.2) is 17.1 Å². The first-order valence-corrected chi connectivity index (χ1v) is 11.6. The van der Waals surface area contributed by atoms with Crippen LogP contribution in [0.25, 0.3) is 0 Å². The first kappa shape index (κ1) is 25.5. The average Bonchev–Trinajstić information content (AvgIpc) is 2.48. The lowest BCUT2D eigenvalue weighted by molar-refractivity contribution is -0.212. The lowest BCUT2D eigenvalue weighted by Gasteiger charge is -2.25. The van der Waals surface area contributed by atoms with Crippen LogP contribution >= 0.6 is 36.1 Å². The highest BCUT2D eigenvalue weighted by molar-refractivity contribution is 7.71. The minimum atomic E-state index is -5.24. The lowest BCUT2D eigenvalue weighted by atomic mass is 10.2. The van der Waals surface area contributed by atoms with Gasteiger partial charge in [0.25, 0.3) is 0 Å². The number of ether oxygens (including phenoxy) is 1. The van der Waals surface area contributed by atoms with Crippen molar-refractivity contribution < 1.29 is 56.5 Å². The van der Waals surface area contributed by atoms with Gasteiger partial charge in [-0.15, -0.1) is 0 Å². The predicted octanol–water partition coefficient (Wildman–Crippen LogP) is -0.247. The molecule has 5 atom stereocenters. The third-order valence-corrected chi connectivity index (χ3v) is 6.49. The number of nitrogens with one attached hydrogen (secondary N) is 1. The van der Waals surface area contributed by atoms with Crippen LogP contribution in [0.5, 0.6) is 0 Å². The van der Waals surface area contributed by atoms with Crippen molar-refractivity contribution in [2.45, 2.75) is 25.5 Å². The van der Waals surface area contributed by atoms with Crippen molar-refractivity contribution in [2.75, 3.05) is 6.61 Å². The zero-order chi connectivity index (χ0) is 21.7. The number of hydrogen-bond acceptors (Lipinski definition) is 11. The number of phosphoric ester groups is 1. The van der Waals surface area contributed by atoms with Gasteiger partial charge in [-0.25, -0.2) is 22.5 Å². The second kappa shape index (κ2) is 10.5. The maximum Gasteiger partial charge on any atom is 0.479 e. The van der Waals surface area contributed by atoms with E-state index in [4.69, 9.17) is 26.7 Å². The summed E-state index contributed by atoms with van der Waals surface area (Å²) in [5.41, 5.74) is -0.852. The summed E-state index contributed by atoms with van der Waals surface area (Å²) in [5.74, 6) is 0. The number of aliphatic hydroxyl groups excluding tert-OH is 2. The fourth-order valence-corrected chi connectivity index (χ4v) is 4.18. The molecule has 19 heteroatoms. The van der Waals surface area contributed by atoms with E-state index in [0.717, 1.165) is 13.1 Å². The van der Waals surface area contributed by atoms with Crippen LogP contribution in [0.2, 0.25) is 0 Å². The zero-order valence-corrected chi connectivity index (χ0v) is 17.5. The maximum atomic E-state index is 11.7. The van der Waals surface area contributed by atoms with Gasteiger partial charge in [0.1, 0.15) is 10.7 Å². The van der Waals surface area contributed by atoms with Crippen LogP contribution in [0.3, 0.4) is 0 Å². The first-order chi connectivity index (χ1) is 12.7. The van der Waals surface area contributed by atoms with E-state index in [0.29, 0.717) is 4.57 Å². The first-order valence-electron chi connectivity index (χ1n) is 6.99. The molecule has 0 aliphatic heterocycles. The van der Waals surface area contributed by atoms with Gasteiger partial charge in [-0.05, 0) is 13.0 Å². The number of aromatic nitrogens is 2. The molecule has 0 bridgehead atoms. The highest BCUT2D eigenvalue weighted by Crippen LogP contribution is 2.58. The number of aliphatic hydroxyl groups is 2. The van der Waals surface area contributed by atoms with Crippen molar-refractivity contribution in [3.63, 3.8) is 0 Å². The SMILES string of the molecule is C[C@@H](O)[C@@H](COP(=O)(O)O[PH](=O)OP(=O)(O)O)OC(O)n1ccc(=S)[nH]c1=O. The lowest BCUT2D eigenvalue weighted by Crippen LogP contribution is -2.37. The second-order valence-corrected chi connectivity index (χ2v) is 9.52. The van der Waals surface area contributed by atoms with Crippen LogP contribution in [-0.4, -0.2) is 53.3 Å². The van der Waals surface area contributed by atoms with Crippen LogP contribution in [0.4, 0.5) is 0 Å². The van der Waals surface area contributed by atoms with E-state index in [9.17, 15) is 33.6 Å². The van der Waals surface area contributed by atoms with Crippen LogP contribution < -0.4 is 5.69 Å². The molecule has 1 rings (SSSR count). The predicted molar refractivity (Wildman–Crippen MR) is 92.7 cm³/mol. The Balaban J connectivity index is 2.75. The Morgan fingerprint density at radius 3 is 2.39 bits per heavy atom. The molecule has 0 aliphatic carbocycles. The van der Waals surface area contributed by atoms with Gasteiger partial charge in [0.2, 0.25) is 6.41 Å². The summed E-state index contributed by atoms with van der Waals surface area (Å²) >= 11 is 4.72. The number of phosphoric acid groups is 2. The largest absolute Gasteiger partial charge is 0.479 e. The number of aromatic amines is 1. The normalized spacial score (nSPS) is 18.8. The van der Waals surface area contributed by atoms with Crippen LogP contribution in [0, 0.1) is 4.64 Å². The summed E-state index contributed by atoms with van der Waals surface area (Å²) < 4.78 is 50.8. The van der Waals surface area contributed by atoms with E-state index >= 15 is 0 Å². The van der Waals surface area contributed by atoms with Crippen molar-refractivity contribution in [2.24, 2.45) is 0 Å². The van der Waals surface area contributed by atoms with Crippen molar-refractivity contribution in [3.8, 4) is 0 Å². The quantitative estimate of drug-likeness (QED) is 0.135. The number of rotatable bonds is 11. The summed E-state index contributed by atoms with van der Waals surface area (Å²) in [6.45, 7) is 0.232. The summed E-state index contributed by atoms with van der Waals surface area (Å²) in [6, 6.07) is 1.26. The number of nitrogens with zero attached hydrogens (tertiary/aromatic N) is 1. The monoisotopic (exact) mass is 486 g/mol. The summed E-state index contributed by atoms with van der Waals surface area (Å²) in [4.78, 5) is 40.1. The van der Waals surface area contributed by atoms with Crippen molar-refractivity contribution in [1.29, 1.82) is 0 Å². The van der Waals surface area contributed by atoms with Gasteiger partial charge >= 0.3 is 29.6 Å². The Bertz CT molecular complexity index is 894. The van der Waals surface area contributed by atoms with Gasteiger partial charge in [-0.1, -0.05) is 12.2 Å². The van der Waals surface area contributed by atoms with Gasteiger partial charge in [-0.2, -0.15) is 0 Å². The molecule has 28 heavy (non-hydrogen) atoms. The third-order valence-electron chi connectivity index (χ3n) is 2.71. The summed E-state index contributed by atoms with van der Waals surface area (Å²) in [7, 11) is -14.5. The van der Waals surface area contributed by atoms with E-state index in [2.05, 4.69) is 18.1 Å². The van der Waals surface area contributed by atoms with Gasteiger partial charge in [0.05, 0.1) is 12.7 Å². The molecule has 0 saturated carbocycles. The molecular formula is C9H17N2O13P3S. The summed E-state index contributed by atoms with van der Waals surface area (Å²) in [5, 5.41) is 19.5. The zero-order valence-electron chi connectivity index (χ0n) is 13.8. The van der Waals surface area contributed by atoms with E-state index in [1.807, 2.05) is 0 Å². The topological polar surface area (TPSA) is 227 Å². The molecule has 162 valence electrons. The molecule has 1 aromatic heterocycles. The van der Waals surface area contributed by atoms with Gasteiger partial charge in [0.15, 0.2) is 0 Å². The van der Waals surface area contributed by atoms with E-state index in [1.54, 1.807) is 0 Å². The van der Waals surface area contributed by atoms with Gasteiger partial charge < -0.3 is 29.6 Å². The van der Waals surface area contributed by atoms with E-state index in [1.165, 1.54) is 6.07 Å². The van der Waals surface area contributed by atoms with E-state index in [-0.39, 0.29) is 4.64 Å². The van der Waals surface area contributed by atoms with Crippen LogP contribution in [0.1, 0.15) is 13.3 Å². The molecule has 1 heterocycles. The average molecular weight is 486 g/mol. The number of hydrogen-bond donors (Lipinski definition) is 6. The molecule has 3 unspecified atom stereocenters. The minimum absolute atomic E-state index is 0.0787. The molecular weight excluding hydrogens is 469 g/mol. The summed E-state index contributed by atoms with van der Waals surface area (Å²) in [6.07, 6.45) is -3.79. The molecule has 1 aromatic rings. The fraction of sp³-hybridized carbons (Fsp3) is 0.556. The van der Waals surface area contributed by atoms with Crippen LogP contribution in [-0.2, 0) is 31.6 Å². The van der Waals surface area contributed by atoms with Crippen molar-refractivity contribution in [3.05, 3.63) is 27.4 Å². The molecule has 0 fully saturated rings. The second-order valence-electron chi connectivity index (χ2n) is 4.95. The molecule has 0 radical (unpaired) electrons. The smallest absolute Gasteiger partial charge is 0.391 e. The molecule has 15 nitrogen and oxygen atoms in total. The highest BCUT2D eigenvalue weighted by atomic mass is 32.1. The Morgan fingerprint density at radius 1 is 1.29 bits per heavy atom. The van der Waals surface area contributed by atoms with Gasteiger partial charge in [-0.3, -0.25) is 18.6 Å². The van der Waals surface area contributed by atoms with Crippen molar-refractivity contribution >= 4 is 36.1 Å². The fourth-order valence-electron chi connectivity index (χ4n) is 1.52. The Morgan fingerprint density at radius 2 is 1.89 bits per heavy atom. The molecule has 0 aliphatic rings. The Hall–Kier alpha value is -0.570. The van der Waals surface area contributed by atoms with E-state index < -0.39 is 54.8 Å². The maximum absolute atomic E-state index is 11.7.